The van der Waals surface area contributed by atoms with E-state index in [0.717, 1.165) is 40.9 Å². The molecule has 5 heteroatoms. The van der Waals surface area contributed by atoms with Crippen LogP contribution in [0.25, 0.3) is 11.1 Å². The van der Waals surface area contributed by atoms with Crippen LogP contribution in [0.15, 0.2) is 60.8 Å². The summed E-state index contributed by atoms with van der Waals surface area (Å²) in [7, 11) is 0. The molecule has 1 aromatic heterocycles. The first-order valence-electron chi connectivity index (χ1n) is 11.2. The van der Waals surface area contributed by atoms with E-state index in [9.17, 15) is 9.59 Å². The van der Waals surface area contributed by atoms with Gasteiger partial charge in [0.2, 0.25) is 5.91 Å². The Morgan fingerprint density at radius 3 is 2.47 bits per heavy atom. The zero-order chi connectivity index (χ0) is 22.7. The lowest BCUT2D eigenvalue weighted by Crippen LogP contribution is -2.35. The van der Waals surface area contributed by atoms with Crippen molar-refractivity contribution in [3.8, 4) is 11.1 Å². The molecule has 1 atom stereocenters. The third-order valence-electron chi connectivity index (χ3n) is 5.98. The topological polar surface area (TPSA) is 62.3 Å². The van der Waals surface area contributed by atoms with E-state index < -0.39 is 0 Å². The molecule has 4 rings (SSSR count). The first kappa shape index (κ1) is 21.8. The first-order chi connectivity index (χ1) is 15.4. The van der Waals surface area contributed by atoms with Crippen molar-refractivity contribution in [3.05, 3.63) is 83.2 Å². The van der Waals surface area contributed by atoms with Crippen LogP contribution in [0.4, 0.5) is 5.69 Å². The van der Waals surface area contributed by atoms with Crippen molar-refractivity contribution in [3.63, 3.8) is 0 Å². The van der Waals surface area contributed by atoms with E-state index in [1.165, 1.54) is 5.56 Å². The fourth-order valence-electron chi connectivity index (χ4n) is 3.99. The molecule has 0 radical (unpaired) electrons. The highest BCUT2D eigenvalue weighted by molar-refractivity contribution is 6.00. The van der Waals surface area contributed by atoms with Crippen molar-refractivity contribution in [1.29, 1.82) is 0 Å². The van der Waals surface area contributed by atoms with E-state index in [4.69, 9.17) is 0 Å². The normalized spacial score (nSPS) is 14.8. The third-order valence-corrected chi connectivity index (χ3v) is 5.98. The molecule has 5 nitrogen and oxygen atoms in total. The summed E-state index contributed by atoms with van der Waals surface area (Å²) in [5.74, 6) is -0.0551. The molecule has 3 aromatic rings. The molecule has 1 fully saturated rings. The average Bonchev–Trinajstić information content (AvgIpc) is 2.80. The van der Waals surface area contributed by atoms with Gasteiger partial charge in [0.15, 0.2) is 0 Å². The van der Waals surface area contributed by atoms with E-state index in [-0.39, 0.29) is 17.9 Å². The number of aryl methyl sites for hydroxylation is 2. The Kier molecular flexibility index (Phi) is 6.35. The molecule has 1 aliphatic heterocycles. The van der Waals surface area contributed by atoms with Crippen LogP contribution in [-0.2, 0) is 4.79 Å². The molecular weight excluding hydrogens is 398 g/mol. The van der Waals surface area contributed by atoms with Crippen LogP contribution >= 0.6 is 0 Å². The van der Waals surface area contributed by atoms with E-state index in [2.05, 4.69) is 34.6 Å². The van der Waals surface area contributed by atoms with Crippen molar-refractivity contribution >= 4 is 17.5 Å². The number of carbonyl (C=O) groups excluding carboxylic acids is 2. The fraction of sp³-hybridized carbons (Fsp3) is 0.296. The van der Waals surface area contributed by atoms with Crippen LogP contribution < -0.4 is 10.2 Å². The molecule has 2 amide bonds. The summed E-state index contributed by atoms with van der Waals surface area (Å²) in [6, 6.07) is 17.7. The van der Waals surface area contributed by atoms with Gasteiger partial charge >= 0.3 is 0 Å². The van der Waals surface area contributed by atoms with Gasteiger partial charge in [-0.3, -0.25) is 14.6 Å². The number of nitrogens with zero attached hydrogens (tertiary/aromatic N) is 2. The van der Waals surface area contributed by atoms with Gasteiger partial charge in [-0.2, -0.15) is 0 Å². The van der Waals surface area contributed by atoms with Gasteiger partial charge in [-0.15, -0.1) is 0 Å². The monoisotopic (exact) mass is 427 g/mol. The molecule has 164 valence electrons. The van der Waals surface area contributed by atoms with Gasteiger partial charge in [-0.25, -0.2) is 0 Å². The highest BCUT2D eigenvalue weighted by atomic mass is 16.2. The molecule has 1 saturated heterocycles. The van der Waals surface area contributed by atoms with Crippen molar-refractivity contribution in [1.82, 2.24) is 10.3 Å². The van der Waals surface area contributed by atoms with Gasteiger partial charge < -0.3 is 10.2 Å². The number of benzene rings is 2. The maximum Gasteiger partial charge on any atom is 0.251 e. The van der Waals surface area contributed by atoms with Gasteiger partial charge in [0, 0.05) is 36.1 Å². The smallest absolute Gasteiger partial charge is 0.251 e. The minimum Gasteiger partial charge on any atom is -0.345 e. The summed E-state index contributed by atoms with van der Waals surface area (Å²) in [5, 5.41) is 3.08. The Balaban J connectivity index is 1.67. The minimum absolute atomic E-state index is 0.114. The number of hydrogen-bond donors (Lipinski definition) is 1. The lowest BCUT2D eigenvalue weighted by molar-refractivity contribution is -0.119. The molecule has 0 bridgehead atoms. The lowest BCUT2D eigenvalue weighted by atomic mass is 9.99. The van der Waals surface area contributed by atoms with E-state index in [1.54, 1.807) is 6.20 Å². The largest absolute Gasteiger partial charge is 0.345 e. The van der Waals surface area contributed by atoms with Crippen molar-refractivity contribution in [2.45, 2.75) is 46.1 Å². The molecule has 2 heterocycles. The van der Waals surface area contributed by atoms with Crippen LogP contribution in [0.5, 0.6) is 0 Å². The second kappa shape index (κ2) is 9.35. The number of nitrogens with one attached hydrogen (secondary N) is 1. The van der Waals surface area contributed by atoms with Crippen LogP contribution in [0.3, 0.4) is 0 Å². The Labute approximate surface area is 189 Å². The minimum atomic E-state index is -0.182. The van der Waals surface area contributed by atoms with Crippen LogP contribution in [-0.4, -0.2) is 23.3 Å². The van der Waals surface area contributed by atoms with Crippen molar-refractivity contribution in [2.24, 2.45) is 0 Å². The predicted octanol–water partition coefficient (Wildman–Crippen LogP) is 5.37. The number of carbonyl (C=O) groups is 2. The first-order valence-corrected chi connectivity index (χ1v) is 11.2. The zero-order valence-electron chi connectivity index (χ0n) is 18.9. The fourth-order valence-corrected chi connectivity index (χ4v) is 3.99. The summed E-state index contributed by atoms with van der Waals surface area (Å²) in [6.07, 6.45) is 4.23. The van der Waals surface area contributed by atoms with E-state index in [0.29, 0.717) is 18.5 Å². The number of pyridine rings is 1. The Morgan fingerprint density at radius 2 is 1.78 bits per heavy atom. The second-order valence-electron chi connectivity index (χ2n) is 8.57. The van der Waals surface area contributed by atoms with Crippen molar-refractivity contribution < 1.29 is 9.59 Å². The molecule has 0 spiro atoms. The number of anilines is 1. The zero-order valence-corrected chi connectivity index (χ0v) is 18.9. The quantitative estimate of drug-likeness (QED) is 0.595. The lowest BCUT2D eigenvalue weighted by Gasteiger charge is -2.28. The highest BCUT2D eigenvalue weighted by Crippen LogP contribution is 2.30. The number of piperidine rings is 1. The van der Waals surface area contributed by atoms with Crippen LogP contribution in [0.1, 0.15) is 59.4 Å². The maximum atomic E-state index is 13.2. The van der Waals surface area contributed by atoms with Crippen LogP contribution in [0.2, 0.25) is 0 Å². The molecule has 1 aliphatic rings. The van der Waals surface area contributed by atoms with Gasteiger partial charge in [-0.1, -0.05) is 35.9 Å². The van der Waals surface area contributed by atoms with Gasteiger partial charge in [-0.05, 0) is 74.6 Å². The molecular formula is C27H29N3O2. The molecule has 32 heavy (non-hydrogen) atoms. The Morgan fingerprint density at radius 1 is 1.00 bits per heavy atom. The summed E-state index contributed by atoms with van der Waals surface area (Å²) >= 11 is 0. The van der Waals surface area contributed by atoms with E-state index in [1.807, 2.05) is 56.0 Å². The maximum absolute atomic E-state index is 13.2. The molecule has 0 unspecified atom stereocenters. The van der Waals surface area contributed by atoms with Crippen LogP contribution in [0, 0.1) is 13.8 Å². The third kappa shape index (κ3) is 4.88. The second-order valence-corrected chi connectivity index (χ2v) is 8.57. The highest BCUT2D eigenvalue weighted by Gasteiger charge is 2.22. The van der Waals surface area contributed by atoms with E-state index >= 15 is 0 Å². The number of aromatic nitrogens is 1. The summed E-state index contributed by atoms with van der Waals surface area (Å²) in [5.41, 5.74) is 6.34. The molecule has 1 N–H and O–H groups in total. The standard InChI is InChI=1S/C27H29N3O2/c1-18-7-10-21(11-8-18)23-14-24(16-25(15-23)30-13-5-4-6-26(30)31)27(32)29-20(3)22-12-9-19(2)28-17-22/h7-12,14-17,20H,4-6,13H2,1-3H3,(H,29,32)/t20-/m1/s1. The van der Waals surface area contributed by atoms with Crippen molar-refractivity contribution in [2.75, 3.05) is 11.4 Å². The summed E-state index contributed by atoms with van der Waals surface area (Å²) in [6.45, 7) is 6.62. The molecule has 0 saturated carbocycles. The number of amides is 2. The number of hydrogen-bond acceptors (Lipinski definition) is 3. The van der Waals surface area contributed by atoms with Gasteiger partial charge in [0.05, 0.1) is 6.04 Å². The van der Waals surface area contributed by atoms with Gasteiger partial charge in [0.1, 0.15) is 0 Å². The number of rotatable bonds is 5. The Bertz CT molecular complexity index is 1120. The Hall–Kier alpha value is -3.47. The average molecular weight is 428 g/mol. The SMILES string of the molecule is Cc1ccc(-c2cc(C(=O)N[C@H](C)c3ccc(C)nc3)cc(N3CCCCC3=O)c2)cc1. The predicted molar refractivity (Wildman–Crippen MR) is 128 cm³/mol. The summed E-state index contributed by atoms with van der Waals surface area (Å²) in [4.78, 5) is 31.9. The summed E-state index contributed by atoms with van der Waals surface area (Å²) < 4.78 is 0. The molecule has 2 aromatic carbocycles. The van der Waals surface area contributed by atoms with Gasteiger partial charge in [0.25, 0.3) is 5.91 Å². The molecule has 0 aliphatic carbocycles.